The molecule has 16 heavy (non-hydrogen) atoms. The summed E-state index contributed by atoms with van der Waals surface area (Å²) in [6, 6.07) is 10.9. The first-order valence-corrected chi connectivity index (χ1v) is 6.70. The Morgan fingerprint density at radius 2 is 2.19 bits per heavy atom. The van der Waals surface area contributed by atoms with Gasteiger partial charge in [0.05, 0.1) is 6.04 Å². The molecule has 0 aliphatic carbocycles. The van der Waals surface area contributed by atoms with Gasteiger partial charge in [0.25, 0.3) is 0 Å². The van der Waals surface area contributed by atoms with Crippen LogP contribution < -0.4 is 0 Å². The summed E-state index contributed by atoms with van der Waals surface area (Å²) in [4.78, 5) is 13.9. The van der Waals surface area contributed by atoms with Crippen LogP contribution in [0.25, 0.3) is 0 Å². The number of hydrogen-bond acceptors (Lipinski definition) is 3. The van der Waals surface area contributed by atoms with Gasteiger partial charge in [-0.3, -0.25) is 9.69 Å². The lowest BCUT2D eigenvalue weighted by Gasteiger charge is -2.13. The van der Waals surface area contributed by atoms with Crippen LogP contribution in [0.1, 0.15) is 25.5 Å². The molecule has 2 rings (SSSR count). The second kappa shape index (κ2) is 5.02. The van der Waals surface area contributed by atoms with Crippen LogP contribution in [-0.2, 0) is 4.79 Å². The zero-order valence-electron chi connectivity index (χ0n) is 9.72. The van der Waals surface area contributed by atoms with E-state index in [1.165, 1.54) is 17.3 Å². The number of benzene rings is 1. The topological polar surface area (TPSA) is 20.1 Å². The third-order valence-electron chi connectivity index (χ3n) is 2.99. The third kappa shape index (κ3) is 2.47. The molecular weight excluding hydrogens is 218 g/mol. The van der Waals surface area contributed by atoms with E-state index in [2.05, 4.69) is 24.0 Å². The monoisotopic (exact) mass is 235 g/mol. The number of rotatable bonds is 4. The Bertz CT molecular complexity index is 365. The van der Waals surface area contributed by atoms with E-state index in [9.17, 15) is 4.79 Å². The molecule has 0 radical (unpaired) electrons. The highest BCUT2D eigenvalue weighted by Gasteiger charge is 2.43. The first-order chi connectivity index (χ1) is 7.74. The van der Waals surface area contributed by atoms with Crippen molar-refractivity contribution in [1.82, 2.24) is 4.90 Å². The number of thioether (sulfide) groups is 1. The van der Waals surface area contributed by atoms with Crippen molar-refractivity contribution in [2.45, 2.75) is 25.9 Å². The first kappa shape index (κ1) is 11.7. The van der Waals surface area contributed by atoms with Gasteiger partial charge in [0.2, 0.25) is 5.12 Å². The Labute approximate surface area is 101 Å². The molecule has 1 aliphatic heterocycles. The van der Waals surface area contributed by atoms with Crippen LogP contribution in [0.4, 0.5) is 0 Å². The summed E-state index contributed by atoms with van der Waals surface area (Å²) in [7, 11) is 0. The highest BCUT2D eigenvalue weighted by atomic mass is 32.2. The van der Waals surface area contributed by atoms with E-state index in [1.807, 2.05) is 25.1 Å². The van der Waals surface area contributed by atoms with Gasteiger partial charge in [0.1, 0.15) is 0 Å². The van der Waals surface area contributed by atoms with Crippen LogP contribution >= 0.6 is 11.8 Å². The molecule has 1 unspecified atom stereocenters. The second-order valence-corrected chi connectivity index (χ2v) is 5.32. The van der Waals surface area contributed by atoms with Crippen LogP contribution in [0.15, 0.2) is 30.3 Å². The molecule has 0 amide bonds. The molecule has 3 atom stereocenters. The van der Waals surface area contributed by atoms with E-state index in [-0.39, 0.29) is 6.04 Å². The van der Waals surface area contributed by atoms with Gasteiger partial charge in [-0.1, -0.05) is 49.0 Å². The lowest BCUT2D eigenvalue weighted by atomic mass is 10.1. The molecule has 0 saturated carbocycles. The molecule has 0 spiro atoms. The van der Waals surface area contributed by atoms with E-state index in [0.717, 1.165) is 12.3 Å². The number of carbonyl (C=O) groups excluding carboxylic acids is 1. The van der Waals surface area contributed by atoms with Crippen LogP contribution in [0.2, 0.25) is 0 Å². The predicted octanol–water partition coefficient (Wildman–Crippen LogP) is 2.71. The van der Waals surface area contributed by atoms with Gasteiger partial charge >= 0.3 is 0 Å². The van der Waals surface area contributed by atoms with Crippen molar-refractivity contribution in [3.63, 3.8) is 0 Å². The van der Waals surface area contributed by atoms with Crippen LogP contribution in [0, 0.1) is 0 Å². The van der Waals surface area contributed by atoms with Gasteiger partial charge in [-0.05, 0) is 18.2 Å². The molecule has 1 aromatic carbocycles. The second-order valence-electron chi connectivity index (χ2n) is 4.05. The van der Waals surface area contributed by atoms with Gasteiger partial charge in [-0.25, -0.2) is 0 Å². The average molecular weight is 235 g/mol. The minimum Gasteiger partial charge on any atom is -0.285 e. The SMILES string of the molecule is CCSC(=O)[C@@H]1CN1[C@@H](C)c1ccccc1. The molecule has 1 aliphatic rings. The number of carbonyl (C=O) groups is 1. The summed E-state index contributed by atoms with van der Waals surface area (Å²) < 4.78 is 0. The Morgan fingerprint density at radius 3 is 2.81 bits per heavy atom. The van der Waals surface area contributed by atoms with Crippen LogP contribution in [0.3, 0.4) is 0 Å². The molecule has 1 heterocycles. The fourth-order valence-corrected chi connectivity index (χ4v) is 2.64. The van der Waals surface area contributed by atoms with E-state index >= 15 is 0 Å². The molecule has 0 bridgehead atoms. The molecule has 1 saturated heterocycles. The van der Waals surface area contributed by atoms with Crippen molar-refractivity contribution in [3.8, 4) is 0 Å². The lowest BCUT2D eigenvalue weighted by molar-refractivity contribution is -0.111. The average Bonchev–Trinajstić information content (AvgIpc) is 3.09. The molecule has 2 nitrogen and oxygen atoms in total. The maximum atomic E-state index is 11.7. The lowest BCUT2D eigenvalue weighted by Crippen LogP contribution is -2.13. The normalized spacial score (nSPS) is 25.1. The van der Waals surface area contributed by atoms with Crippen molar-refractivity contribution in [2.75, 3.05) is 12.3 Å². The maximum absolute atomic E-state index is 11.7. The predicted molar refractivity (Wildman–Crippen MR) is 68.5 cm³/mol. The standard InChI is InChI=1S/C13H17NOS/c1-3-16-13(15)12-9-14(12)10(2)11-7-5-4-6-8-11/h4-8,10,12H,3,9H2,1-2H3/t10-,12-,14?/m0/s1. The van der Waals surface area contributed by atoms with Crippen LogP contribution in [-0.4, -0.2) is 28.4 Å². The minimum atomic E-state index is 0.153. The Balaban J connectivity index is 1.94. The van der Waals surface area contributed by atoms with E-state index in [4.69, 9.17) is 0 Å². The molecule has 0 N–H and O–H groups in total. The van der Waals surface area contributed by atoms with E-state index < -0.39 is 0 Å². The quantitative estimate of drug-likeness (QED) is 0.748. The molecular formula is C13H17NOS. The van der Waals surface area contributed by atoms with Gasteiger partial charge in [0, 0.05) is 12.6 Å². The van der Waals surface area contributed by atoms with Crippen LogP contribution in [0.5, 0.6) is 0 Å². The highest BCUT2D eigenvalue weighted by molar-refractivity contribution is 8.13. The largest absolute Gasteiger partial charge is 0.285 e. The Kier molecular flexibility index (Phi) is 3.66. The Hall–Kier alpha value is -0.800. The molecule has 1 aromatic rings. The summed E-state index contributed by atoms with van der Waals surface area (Å²) >= 11 is 1.44. The van der Waals surface area contributed by atoms with E-state index in [0.29, 0.717) is 11.2 Å². The van der Waals surface area contributed by atoms with Gasteiger partial charge in [-0.15, -0.1) is 0 Å². The fraction of sp³-hybridized carbons (Fsp3) is 0.462. The summed E-state index contributed by atoms with van der Waals surface area (Å²) in [6.45, 7) is 5.11. The first-order valence-electron chi connectivity index (χ1n) is 5.71. The van der Waals surface area contributed by atoms with E-state index in [1.54, 1.807) is 0 Å². The Morgan fingerprint density at radius 1 is 1.50 bits per heavy atom. The summed E-state index contributed by atoms with van der Waals surface area (Å²) in [5, 5.41) is 0.324. The summed E-state index contributed by atoms with van der Waals surface area (Å²) in [5.74, 6) is 0.878. The van der Waals surface area contributed by atoms with Crippen molar-refractivity contribution >= 4 is 16.9 Å². The van der Waals surface area contributed by atoms with Gasteiger partial charge in [0.15, 0.2) is 0 Å². The number of nitrogens with zero attached hydrogens (tertiary/aromatic N) is 1. The zero-order chi connectivity index (χ0) is 11.5. The van der Waals surface area contributed by atoms with Crippen molar-refractivity contribution in [1.29, 1.82) is 0 Å². The third-order valence-corrected chi connectivity index (χ3v) is 3.83. The molecule has 86 valence electrons. The summed E-state index contributed by atoms with van der Waals surface area (Å²) in [5.41, 5.74) is 1.29. The molecule has 3 heteroatoms. The highest BCUT2D eigenvalue weighted by Crippen LogP contribution is 2.34. The number of hydrogen-bond donors (Lipinski definition) is 0. The summed E-state index contributed by atoms with van der Waals surface area (Å²) in [6.07, 6.45) is 0. The maximum Gasteiger partial charge on any atom is 0.207 e. The van der Waals surface area contributed by atoms with Gasteiger partial charge < -0.3 is 0 Å². The van der Waals surface area contributed by atoms with Crippen molar-refractivity contribution in [3.05, 3.63) is 35.9 Å². The molecule has 1 fully saturated rings. The fourth-order valence-electron chi connectivity index (χ4n) is 1.95. The molecule has 0 aromatic heterocycles. The van der Waals surface area contributed by atoms with Crippen molar-refractivity contribution in [2.24, 2.45) is 0 Å². The minimum absolute atomic E-state index is 0.153. The smallest absolute Gasteiger partial charge is 0.207 e. The van der Waals surface area contributed by atoms with Crippen molar-refractivity contribution < 1.29 is 4.79 Å². The zero-order valence-corrected chi connectivity index (χ0v) is 10.5. The van der Waals surface area contributed by atoms with Gasteiger partial charge in [-0.2, -0.15) is 0 Å².